The summed E-state index contributed by atoms with van der Waals surface area (Å²) >= 11 is 0. The molecule has 102 valence electrons. The summed E-state index contributed by atoms with van der Waals surface area (Å²) in [5.74, 6) is 1.16. The minimum Gasteiger partial charge on any atom is -0.464 e. The molecule has 1 heterocycles. The number of halogens is 3. The molecule has 18 heavy (non-hydrogen) atoms. The van der Waals surface area contributed by atoms with Gasteiger partial charge in [0.25, 0.3) is 0 Å². The topological polar surface area (TPSA) is 34.4 Å². The van der Waals surface area contributed by atoms with Crippen LogP contribution in [0.25, 0.3) is 0 Å². The van der Waals surface area contributed by atoms with Crippen molar-refractivity contribution in [1.29, 1.82) is 0 Å². The summed E-state index contributed by atoms with van der Waals surface area (Å²) in [6, 6.07) is 2.34. The van der Waals surface area contributed by atoms with Gasteiger partial charge in [-0.2, -0.15) is 13.2 Å². The number of hydrogen-bond donors (Lipinski definition) is 1. The van der Waals surface area contributed by atoms with Crippen LogP contribution in [0.4, 0.5) is 13.2 Å². The van der Waals surface area contributed by atoms with Gasteiger partial charge in [0.05, 0.1) is 0 Å². The molecule has 0 aromatic carbocycles. The quantitative estimate of drug-likeness (QED) is 0.857. The number of aryl methyl sites for hydroxylation is 1. The van der Waals surface area contributed by atoms with Crippen LogP contribution in [0.2, 0.25) is 0 Å². The number of alkyl halides is 3. The summed E-state index contributed by atoms with van der Waals surface area (Å²) < 4.78 is 45.6. The van der Waals surface area contributed by atoms with E-state index in [1.54, 1.807) is 13.0 Å². The predicted molar refractivity (Wildman–Crippen MR) is 59.0 cm³/mol. The lowest BCUT2D eigenvalue weighted by atomic mass is 10.2. The van der Waals surface area contributed by atoms with Gasteiger partial charge in [-0.25, -0.2) is 0 Å². The molecule has 6 heteroatoms. The van der Waals surface area contributed by atoms with E-state index in [9.17, 15) is 13.2 Å². The largest absolute Gasteiger partial charge is 0.464 e. The molecule has 2 rings (SSSR count). The van der Waals surface area contributed by atoms with Crippen molar-refractivity contribution in [1.82, 2.24) is 5.32 Å². The smallest absolute Gasteiger partial charge is 0.411 e. The van der Waals surface area contributed by atoms with Gasteiger partial charge in [-0.3, -0.25) is 0 Å². The zero-order chi connectivity index (χ0) is 13.2. The van der Waals surface area contributed by atoms with E-state index in [0.717, 1.165) is 11.3 Å². The van der Waals surface area contributed by atoms with Gasteiger partial charge in [0.15, 0.2) is 0 Å². The third-order valence-electron chi connectivity index (χ3n) is 2.74. The third-order valence-corrected chi connectivity index (χ3v) is 2.74. The van der Waals surface area contributed by atoms with Crippen molar-refractivity contribution in [3.63, 3.8) is 0 Å². The van der Waals surface area contributed by atoms with Crippen LogP contribution in [0.15, 0.2) is 10.5 Å². The fraction of sp³-hybridized carbons (Fsp3) is 0.667. The fourth-order valence-corrected chi connectivity index (χ4v) is 1.64. The van der Waals surface area contributed by atoms with Crippen molar-refractivity contribution >= 4 is 0 Å². The molecule has 0 saturated heterocycles. The first-order valence-corrected chi connectivity index (χ1v) is 5.90. The predicted octanol–water partition coefficient (Wildman–Crippen LogP) is 2.92. The van der Waals surface area contributed by atoms with Crippen LogP contribution in [0, 0.1) is 6.92 Å². The van der Waals surface area contributed by atoms with Crippen LogP contribution < -0.4 is 5.32 Å². The van der Waals surface area contributed by atoms with Crippen molar-refractivity contribution in [2.45, 2.75) is 45.1 Å². The van der Waals surface area contributed by atoms with Gasteiger partial charge in [-0.1, -0.05) is 0 Å². The number of nitrogens with one attached hydrogen (secondary N) is 1. The summed E-state index contributed by atoms with van der Waals surface area (Å²) in [5, 5.41) is 3.33. The van der Waals surface area contributed by atoms with E-state index in [-0.39, 0.29) is 6.61 Å². The molecule has 0 bridgehead atoms. The molecule has 3 nitrogen and oxygen atoms in total. The van der Waals surface area contributed by atoms with Gasteiger partial charge in [0.2, 0.25) is 0 Å². The fourth-order valence-electron chi connectivity index (χ4n) is 1.64. The van der Waals surface area contributed by atoms with E-state index in [0.29, 0.717) is 18.3 Å². The van der Waals surface area contributed by atoms with E-state index in [1.165, 1.54) is 12.8 Å². The molecule has 0 spiro atoms. The summed E-state index contributed by atoms with van der Waals surface area (Å²) in [6.45, 7) is 1.10. The Labute approximate surface area is 103 Å². The summed E-state index contributed by atoms with van der Waals surface area (Å²) in [7, 11) is 0. The van der Waals surface area contributed by atoms with Crippen LogP contribution in [-0.4, -0.2) is 18.8 Å². The highest BCUT2D eigenvalue weighted by Crippen LogP contribution is 2.22. The van der Waals surface area contributed by atoms with Crippen molar-refractivity contribution < 1.29 is 22.3 Å². The summed E-state index contributed by atoms with van der Waals surface area (Å²) in [6.07, 6.45) is -1.91. The van der Waals surface area contributed by atoms with Gasteiger partial charge >= 0.3 is 6.18 Å². The average Bonchev–Trinajstić information content (AvgIpc) is 3.00. The Hall–Kier alpha value is -1.01. The Balaban J connectivity index is 1.79. The first-order chi connectivity index (χ1) is 8.44. The van der Waals surface area contributed by atoms with Crippen molar-refractivity contribution in [2.75, 3.05) is 6.61 Å². The Bertz CT molecular complexity index is 397. The third kappa shape index (κ3) is 4.34. The molecule has 1 aliphatic carbocycles. The Morgan fingerprint density at radius 2 is 2.17 bits per heavy atom. The maximum absolute atomic E-state index is 11.9. The standard InChI is InChI=1S/C12H16F3NO2/c1-8-9(5-16-10-2-3-10)4-11(18-8)6-17-7-12(13,14)15/h4,10,16H,2-3,5-7H2,1H3. The lowest BCUT2D eigenvalue weighted by Crippen LogP contribution is -2.16. The maximum atomic E-state index is 11.9. The molecule has 1 aromatic heterocycles. The van der Waals surface area contributed by atoms with Crippen LogP contribution in [0.3, 0.4) is 0 Å². The molecule has 0 amide bonds. The second-order valence-corrected chi connectivity index (χ2v) is 4.56. The molecule has 1 aliphatic rings. The molecule has 1 aromatic rings. The molecular weight excluding hydrogens is 247 g/mol. The number of rotatable bonds is 6. The summed E-state index contributed by atoms with van der Waals surface area (Å²) in [5.41, 5.74) is 0.979. The van der Waals surface area contributed by atoms with Crippen LogP contribution in [-0.2, 0) is 17.9 Å². The normalized spacial score (nSPS) is 16.2. The van der Waals surface area contributed by atoms with Crippen LogP contribution in [0.1, 0.15) is 29.9 Å². The van der Waals surface area contributed by atoms with E-state index >= 15 is 0 Å². The van der Waals surface area contributed by atoms with Crippen molar-refractivity contribution in [2.24, 2.45) is 0 Å². The molecule has 0 atom stereocenters. The van der Waals surface area contributed by atoms with Gasteiger partial charge in [-0.05, 0) is 25.8 Å². The van der Waals surface area contributed by atoms with Crippen LogP contribution >= 0.6 is 0 Å². The second kappa shape index (κ2) is 5.32. The van der Waals surface area contributed by atoms with E-state index in [4.69, 9.17) is 4.42 Å². The zero-order valence-corrected chi connectivity index (χ0v) is 10.1. The lowest BCUT2D eigenvalue weighted by molar-refractivity contribution is -0.177. The number of furan rings is 1. The van der Waals surface area contributed by atoms with Crippen LogP contribution in [0.5, 0.6) is 0 Å². The average molecular weight is 263 g/mol. The summed E-state index contributed by atoms with van der Waals surface area (Å²) in [4.78, 5) is 0. The Morgan fingerprint density at radius 1 is 1.44 bits per heavy atom. The first kappa shape index (κ1) is 13.4. The zero-order valence-electron chi connectivity index (χ0n) is 10.1. The first-order valence-electron chi connectivity index (χ1n) is 5.90. The van der Waals surface area contributed by atoms with Gasteiger partial charge < -0.3 is 14.5 Å². The number of ether oxygens (including phenoxy) is 1. The Kier molecular flexibility index (Phi) is 3.97. The van der Waals surface area contributed by atoms with Crippen molar-refractivity contribution in [3.05, 3.63) is 23.2 Å². The van der Waals surface area contributed by atoms with Gasteiger partial charge in [-0.15, -0.1) is 0 Å². The highest BCUT2D eigenvalue weighted by Gasteiger charge is 2.27. The monoisotopic (exact) mass is 263 g/mol. The molecule has 1 saturated carbocycles. The minimum atomic E-state index is -4.29. The van der Waals surface area contributed by atoms with Gasteiger partial charge in [0, 0.05) is 18.2 Å². The molecular formula is C12H16F3NO2. The highest BCUT2D eigenvalue weighted by atomic mass is 19.4. The highest BCUT2D eigenvalue weighted by molar-refractivity contribution is 5.20. The van der Waals surface area contributed by atoms with E-state index in [1.807, 2.05) is 0 Å². The lowest BCUT2D eigenvalue weighted by Gasteiger charge is -2.05. The molecule has 1 fully saturated rings. The maximum Gasteiger partial charge on any atom is 0.411 e. The second-order valence-electron chi connectivity index (χ2n) is 4.56. The van der Waals surface area contributed by atoms with Gasteiger partial charge in [0.1, 0.15) is 24.7 Å². The SMILES string of the molecule is Cc1oc(COCC(F)(F)F)cc1CNC1CC1. The minimum absolute atomic E-state index is 0.149. The molecule has 0 aliphatic heterocycles. The van der Waals surface area contributed by atoms with Crippen molar-refractivity contribution in [3.8, 4) is 0 Å². The molecule has 0 radical (unpaired) electrons. The molecule has 1 N–H and O–H groups in total. The van der Waals surface area contributed by atoms with E-state index < -0.39 is 12.8 Å². The van der Waals surface area contributed by atoms with E-state index in [2.05, 4.69) is 10.1 Å². The molecule has 0 unspecified atom stereocenters. The Morgan fingerprint density at radius 3 is 2.78 bits per heavy atom. The number of hydrogen-bond acceptors (Lipinski definition) is 3.